The third kappa shape index (κ3) is 7.96. The molecule has 2 atom stereocenters. The lowest BCUT2D eigenvalue weighted by molar-refractivity contribution is -0.0572. The van der Waals surface area contributed by atoms with Gasteiger partial charge >= 0.3 is 6.09 Å². The van der Waals surface area contributed by atoms with Crippen molar-refractivity contribution in [2.45, 2.75) is 44.0 Å². The molecule has 4 rings (SSSR count). The van der Waals surface area contributed by atoms with Crippen LogP contribution in [0.5, 0.6) is 0 Å². The summed E-state index contributed by atoms with van der Waals surface area (Å²) in [5, 5.41) is 22.6. The zero-order valence-corrected chi connectivity index (χ0v) is 26.4. The summed E-state index contributed by atoms with van der Waals surface area (Å²) in [6.07, 6.45) is 2.17. The number of aryl methyl sites for hydroxylation is 1. The number of sulfone groups is 1. The van der Waals surface area contributed by atoms with Crippen molar-refractivity contribution < 1.29 is 28.2 Å². The highest BCUT2D eigenvalue weighted by Crippen LogP contribution is 2.45. The maximum absolute atomic E-state index is 13.6. The Morgan fingerprint density at radius 2 is 1.79 bits per heavy atom. The summed E-state index contributed by atoms with van der Waals surface area (Å²) in [7, 11) is -1.69. The van der Waals surface area contributed by atoms with Gasteiger partial charge in [-0.1, -0.05) is 65.7 Å². The van der Waals surface area contributed by atoms with Gasteiger partial charge in [0.25, 0.3) is 5.91 Å². The number of carbonyl (C=O) groups is 2. The lowest BCUT2D eigenvalue weighted by Crippen LogP contribution is -2.48. The van der Waals surface area contributed by atoms with Crippen molar-refractivity contribution >= 4 is 33.4 Å². The van der Waals surface area contributed by atoms with E-state index in [1.54, 1.807) is 35.2 Å². The average Bonchev–Trinajstić information content (AvgIpc) is 2.96. The summed E-state index contributed by atoms with van der Waals surface area (Å²) in [6.45, 7) is 3.06. The molecular formula is C33H39ClN2O6S. The van der Waals surface area contributed by atoms with Crippen LogP contribution in [0.15, 0.2) is 66.7 Å². The van der Waals surface area contributed by atoms with Crippen molar-refractivity contribution in [3.63, 3.8) is 0 Å². The molecule has 43 heavy (non-hydrogen) atoms. The topological polar surface area (TPSA) is 115 Å². The highest BCUT2D eigenvalue weighted by atomic mass is 35.5. The molecule has 1 saturated heterocycles. The zero-order valence-electron chi connectivity index (χ0n) is 24.8. The maximum Gasteiger partial charge on any atom is 0.407 e. The highest BCUT2D eigenvalue weighted by molar-refractivity contribution is 7.89. The molecule has 2 N–H and O–H groups in total. The van der Waals surface area contributed by atoms with Crippen LogP contribution in [0.3, 0.4) is 0 Å². The van der Waals surface area contributed by atoms with Gasteiger partial charge in [-0.05, 0) is 67.5 Å². The molecule has 0 aromatic heterocycles. The second-order valence-corrected chi connectivity index (χ2v) is 14.2. The van der Waals surface area contributed by atoms with E-state index in [-0.39, 0.29) is 30.5 Å². The van der Waals surface area contributed by atoms with Crippen molar-refractivity contribution in [2.75, 3.05) is 32.9 Å². The van der Waals surface area contributed by atoms with Gasteiger partial charge < -0.3 is 20.0 Å². The minimum atomic E-state index is -3.20. The molecule has 1 aliphatic rings. The van der Waals surface area contributed by atoms with Crippen LogP contribution in [0, 0.1) is 12.8 Å². The maximum atomic E-state index is 13.6. The molecule has 8 nitrogen and oxygen atoms in total. The molecule has 1 unspecified atom stereocenters. The van der Waals surface area contributed by atoms with E-state index in [4.69, 9.17) is 11.6 Å². The van der Waals surface area contributed by atoms with E-state index in [9.17, 15) is 28.2 Å². The minimum Gasteiger partial charge on any atom is -0.465 e. The van der Waals surface area contributed by atoms with Crippen LogP contribution in [0.1, 0.15) is 52.7 Å². The van der Waals surface area contributed by atoms with E-state index >= 15 is 0 Å². The molecule has 0 spiro atoms. The van der Waals surface area contributed by atoms with Gasteiger partial charge in [0.05, 0.1) is 11.4 Å². The van der Waals surface area contributed by atoms with Gasteiger partial charge in [0, 0.05) is 55.0 Å². The summed E-state index contributed by atoms with van der Waals surface area (Å²) in [6, 6.07) is 20.0. The molecule has 10 heteroatoms. The normalized spacial score (nSPS) is 16.9. The fraction of sp³-hybridized carbons (Fsp3) is 0.394. The molecule has 0 radical (unpaired) electrons. The van der Waals surface area contributed by atoms with Crippen LogP contribution in [-0.2, 0) is 21.2 Å². The lowest BCUT2D eigenvalue weighted by Gasteiger charge is -2.44. The van der Waals surface area contributed by atoms with E-state index in [1.807, 2.05) is 43.3 Å². The van der Waals surface area contributed by atoms with Gasteiger partial charge in [-0.15, -0.1) is 0 Å². The van der Waals surface area contributed by atoms with Crippen LogP contribution >= 0.6 is 11.6 Å². The number of carboxylic acid groups (broad SMARTS) is 1. The SMILES string of the molecule is Cc1cccc(-c2c(Cl)cccc2C(O)(CCCN(C)C(=O)O)[C@@H]2CCCN(C(=O)c3ccc(CS(C)(=O)=O)cc3)C2)c1. The summed E-state index contributed by atoms with van der Waals surface area (Å²) < 4.78 is 23.3. The highest BCUT2D eigenvalue weighted by Gasteiger charge is 2.43. The number of carbonyl (C=O) groups excluding carboxylic acids is 1. The fourth-order valence-electron chi connectivity index (χ4n) is 6.00. The molecule has 1 heterocycles. The first-order valence-electron chi connectivity index (χ1n) is 14.4. The van der Waals surface area contributed by atoms with Gasteiger partial charge in [0.15, 0.2) is 9.84 Å². The van der Waals surface area contributed by atoms with Gasteiger partial charge in [0.2, 0.25) is 0 Å². The van der Waals surface area contributed by atoms with Crippen molar-refractivity contribution in [1.82, 2.24) is 9.80 Å². The molecule has 0 aliphatic carbocycles. The fourth-order valence-corrected chi connectivity index (χ4v) is 7.08. The van der Waals surface area contributed by atoms with Crippen molar-refractivity contribution in [1.29, 1.82) is 0 Å². The van der Waals surface area contributed by atoms with Crippen LogP contribution in [0.4, 0.5) is 4.79 Å². The number of aliphatic hydroxyl groups is 1. The minimum absolute atomic E-state index is 0.0970. The van der Waals surface area contributed by atoms with E-state index in [0.29, 0.717) is 54.1 Å². The summed E-state index contributed by atoms with van der Waals surface area (Å²) in [5.41, 5.74) is 2.97. The molecule has 1 fully saturated rings. The first kappa shape index (κ1) is 32.5. The first-order valence-corrected chi connectivity index (χ1v) is 16.8. The quantitative estimate of drug-likeness (QED) is 0.286. The summed E-state index contributed by atoms with van der Waals surface area (Å²) >= 11 is 6.80. The van der Waals surface area contributed by atoms with E-state index in [1.165, 1.54) is 18.2 Å². The van der Waals surface area contributed by atoms with Gasteiger partial charge in [-0.3, -0.25) is 4.79 Å². The molecular weight excluding hydrogens is 588 g/mol. The largest absolute Gasteiger partial charge is 0.465 e. The van der Waals surface area contributed by atoms with E-state index in [0.717, 1.165) is 16.7 Å². The molecule has 230 valence electrons. The Kier molecular flexibility index (Phi) is 10.2. The number of rotatable bonds is 10. The van der Waals surface area contributed by atoms with Crippen molar-refractivity contribution in [2.24, 2.45) is 5.92 Å². The second kappa shape index (κ2) is 13.5. The van der Waals surface area contributed by atoms with Crippen LogP contribution in [-0.4, -0.2) is 73.4 Å². The number of hydrogen-bond donors (Lipinski definition) is 2. The Hall–Kier alpha value is -3.40. The monoisotopic (exact) mass is 626 g/mol. The molecule has 3 aromatic rings. The van der Waals surface area contributed by atoms with Gasteiger partial charge in [-0.2, -0.15) is 0 Å². The zero-order chi connectivity index (χ0) is 31.4. The lowest BCUT2D eigenvalue weighted by atomic mass is 9.72. The molecule has 0 saturated carbocycles. The number of piperidine rings is 1. The van der Waals surface area contributed by atoms with Gasteiger partial charge in [-0.25, -0.2) is 13.2 Å². The van der Waals surface area contributed by atoms with E-state index < -0.39 is 21.5 Å². The Bertz CT molecular complexity index is 1580. The molecule has 3 aromatic carbocycles. The van der Waals surface area contributed by atoms with Crippen LogP contribution in [0.25, 0.3) is 11.1 Å². The third-order valence-electron chi connectivity index (χ3n) is 8.18. The van der Waals surface area contributed by atoms with Crippen molar-refractivity contribution in [3.8, 4) is 11.1 Å². The number of benzene rings is 3. The number of likely N-dealkylation sites (tertiary alicyclic amines) is 1. The molecule has 2 amide bonds. The average molecular weight is 627 g/mol. The predicted molar refractivity (Wildman–Crippen MR) is 169 cm³/mol. The molecule has 0 bridgehead atoms. The first-order chi connectivity index (χ1) is 20.3. The van der Waals surface area contributed by atoms with Crippen LogP contribution < -0.4 is 0 Å². The van der Waals surface area contributed by atoms with Crippen molar-refractivity contribution in [3.05, 3.63) is 94.0 Å². The standard InChI is InChI=1S/C33H39ClN2O6S/c1-23-8-4-9-26(20-23)30-28(11-5-12-29(30)34)33(40,17-7-18-35(2)32(38)39)27-10-6-19-36(21-27)31(37)25-15-13-24(14-16-25)22-43(3,41)42/h4-5,8-9,11-16,20,27,40H,6-7,10,17-19,21-22H2,1-3H3,(H,38,39)/t27-,33?/m1/s1. The Morgan fingerprint density at radius 1 is 1.09 bits per heavy atom. The molecule has 1 aliphatic heterocycles. The number of halogens is 1. The second-order valence-electron chi connectivity index (χ2n) is 11.6. The Morgan fingerprint density at radius 3 is 2.44 bits per heavy atom. The third-order valence-corrected chi connectivity index (χ3v) is 9.35. The smallest absolute Gasteiger partial charge is 0.407 e. The predicted octanol–water partition coefficient (Wildman–Crippen LogP) is 5.99. The Balaban J connectivity index is 1.68. The van der Waals surface area contributed by atoms with Crippen LogP contribution in [0.2, 0.25) is 5.02 Å². The Labute approximate surface area is 258 Å². The number of amides is 2. The number of nitrogens with zero attached hydrogens (tertiary/aromatic N) is 2. The van der Waals surface area contributed by atoms with Gasteiger partial charge in [0.1, 0.15) is 0 Å². The van der Waals surface area contributed by atoms with E-state index in [2.05, 4.69) is 0 Å². The summed E-state index contributed by atoms with van der Waals surface area (Å²) in [5.74, 6) is -0.624. The summed E-state index contributed by atoms with van der Waals surface area (Å²) in [4.78, 5) is 28.0. The number of hydrogen-bond acceptors (Lipinski definition) is 5.